The van der Waals surface area contributed by atoms with Gasteiger partial charge in [-0.1, -0.05) is 6.92 Å². The molecule has 1 aliphatic heterocycles. The lowest BCUT2D eigenvalue weighted by Crippen LogP contribution is -2.48. The van der Waals surface area contributed by atoms with E-state index in [1.165, 1.54) is 12.4 Å². The summed E-state index contributed by atoms with van der Waals surface area (Å²) < 4.78 is 26.3. The van der Waals surface area contributed by atoms with Crippen molar-refractivity contribution in [3.8, 4) is 0 Å². The van der Waals surface area contributed by atoms with Crippen molar-refractivity contribution in [2.24, 2.45) is 0 Å². The molecule has 2 heterocycles. The molecule has 5 nitrogen and oxygen atoms in total. The average molecular weight is 286 g/mol. The summed E-state index contributed by atoms with van der Waals surface area (Å²) >= 11 is 0. The number of nitrogens with zero attached hydrogens (tertiary/aromatic N) is 4. The molecule has 0 unspecified atom stereocenters. The van der Waals surface area contributed by atoms with Crippen molar-refractivity contribution in [1.82, 2.24) is 19.4 Å². The number of imidazole rings is 1. The van der Waals surface area contributed by atoms with Gasteiger partial charge in [0.25, 0.3) is 0 Å². The maximum absolute atomic E-state index is 12.7. The Kier molecular flexibility index (Phi) is 5.05. The molecule has 1 aliphatic rings. The van der Waals surface area contributed by atoms with E-state index in [2.05, 4.69) is 9.88 Å². The van der Waals surface area contributed by atoms with E-state index < -0.39 is 6.55 Å². The van der Waals surface area contributed by atoms with Crippen LogP contribution in [0.3, 0.4) is 0 Å². The van der Waals surface area contributed by atoms with E-state index >= 15 is 0 Å². The number of amides is 1. The van der Waals surface area contributed by atoms with E-state index in [0.29, 0.717) is 45.0 Å². The van der Waals surface area contributed by atoms with E-state index in [-0.39, 0.29) is 5.91 Å². The van der Waals surface area contributed by atoms with Crippen LogP contribution in [-0.2, 0) is 11.3 Å². The van der Waals surface area contributed by atoms with Crippen molar-refractivity contribution in [2.45, 2.75) is 32.9 Å². The van der Waals surface area contributed by atoms with Crippen molar-refractivity contribution < 1.29 is 13.6 Å². The van der Waals surface area contributed by atoms with Gasteiger partial charge in [-0.25, -0.2) is 4.98 Å². The highest BCUT2D eigenvalue weighted by molar-refractivity contribution is 5.76. The van der Waals surface area contributed by atoms with Gasteiger partial charge >= 0.3 is 6.55 Å². The molecule has 1 saturated heterocycles. The molecule has 0 N–H and O–H groups in total. The molecule has 1 fully saturated rings. The van der Waals surface area contributed by atoms with Gasteiger partial charge in [0, 0.05) is 45.0 Å². The standard InChI is InChI=1S/C13H20F2N4O/c1-2-3-12(20)18-8-6-17(7-9-18)10-11-16-4-5-19(11)13(14)15/h4-5,13H,2-3,6-10H2,1H3. The third kappa shape index (κ3) is 3.53. The van der Waals surface area contributed by atoms with Crippen LogP contribution in [0.15, 0.2) is 12.4 Å². The Balaban J connectivity index is 1.85. The van der Waals surface area contributed by atoms with Crippen molar-refractivity contribution in [3.63, 3.8) is 0 Å². The Bertz CT molecular complexity index is 441. The van der Waals surface area contributed by atoms with Crippen LogP contribution in [0.2, 0.25) is 0 Å². The second-order valence-corrected chi connectivity index (χ2v) is 4.94. The molecule has 0 spiro atoms. The van der Waals surface area contributed by atoms with E-state index in [0.717, 1.165) is 11.0 Å². The van der Waals surface area contributed by atoms with Gasteiger partial charge in [0.1, 0.15) is 5.82 Å². The fourth-order valence-corrected chi connectivity index (χ4v) is 2.37. The quantitative estimate of drug-likeness (QED) is 0.827. The van der Waals surface area contributed by atoms with Gasteiger partial charge in [-0.2, -0.15) is 8.78 Å². The van der Waals surface area contributed by atoms with Crippen LogP contribution in [0.25, 0.3) is 0 Å². The van der Waals surface area contributed by atoms with Gasteiger partial charge in [-0.3, -0.25) is 14.3 Å². The first-order chi connectivity index (χ1) is 9.61. The van der Waals surface area contributed by atoms with Gasteiger partial charge in [-0.05, 0) is 6.42 Å². The summed E-state index contributed by atoms with van der Waals surface area (Å²) in [6.45, 7) is 2.55. The first-order valence-corrected chi connectivity index (χ1v) is 6.91. The zero-order chi connectivity index (χ0) is 14.5. The summed E-state index contributed by atoms with van der Waals surface area (Å²) in [7, 11) is 0. The molecule has 112 valence electrons. The third-order valence-electron chi connectivity index (χ3n) is 3.51. The molecular formula is C13H20F2N4O. The molecule has 20 heavy (non-hydrogen) atoms. The van der Waals surface area contributed by atoms with Crippen molar-refractivity contribution in [1.29, 1.82) is 0 Å². The molecule has 0 saturated carbocycles. The fraction of sp³-hybridized carbons (Fsp3) is 0.692. The minimum absolute atomic E-state index is 0.182. The van der Waals surface area contributed by atoms with Crippen LogP contribution in [0, 0.1) is 0 Å². The number of halogens is 2. The van der Waals surface area contributed by atoms with Crippen LogP contribution in [0.5, 0.6) is 0 Å². The monoisotopic (exact) mass is 286 g/mol. The zero-order valence-electron chi connectivity index (χ0n) is 11.6. The summed E-state index contributed by atoms with van der Waals surface area (Å²) in [6, 6.07) is 0. The lowest BCUT2D eigenvalue weighted by atomic mass is 10.2. The van der Waals surface area contributed by atoms with Gasteiger partial charge < -0.3 is 4.90 Å². The van der Waals surface area contributed by atoms with Crippen molar-refractivity contribution >= 4 is 5.91 Å². The number of alkyl halides is 2. The highest BCUT2D eigenvalue weighted by Crippen LogP contribution is 2.15. The number of aromatic nitrogens is 2. The summed E-state index contributed by atoms with van der Waals surface area (Å²) in [5, 5.41) is 0. The van der Waals surface area contributed by atoms with Crippen molar-refractivity contribution in [2.75, 3.05) is 26.2 Å². The summed E-state index contributed by atoms with van der Waals surface area (Å²) in [6.07, 6.45) is 4.12. The summed E-state index contributed by atoms with van der Waals surface area (Å²) in [5.74, 6) is 0.551. The van der Waals surface area contributed by atoms with E-state index in [1.807, 2.05) is 11.8 Å². The normalized spacial score (nSPS) is 16.9. The second-order valence-electron chi connectivity index (χ2n) is 4.94. The number of carbonyl (C=O) groups is 1. The Hall–Kier alpha value is -1.50. The van der Waals surface area contributed by atoms with Crippen LogP contribution in [0.4, 0.5) is 8.78 Å². The van der Waals surface area contributed by atoms with Crippen molar-refractivity contribution in [3.05, 3.63) is 18.2 Å². The first kappa shape index (κ1) is 14.9. The second kappa shape index (κ2) is 6.78. The molecule has 1 aromatic rings. The summed E-state index contributed by atoms with van der Waals surface area (Å²) in [5.41, 5.74) is 0. The average Bonchev–Trinajstić information content (AvgIpc) is 2.88. The lowest BCUT2D eigenvalue weighted by molar-refractivity contribution is -0.133. The molecule has 0 radical (unpaired) electrons. The number of carbonyl (C=O) groups excluding carboxylic acids is 1. The van der Waals surface area contributed by atoms with Crippen LogP contribution >= 0.6 is 0 Å². The predicted octanol–water partition coefficient (Wildman–Crippen LogP) is 1.72. The van der Waals surface area contributed by atoms with Gasteiger partial charge in [0.15, 0.2) is 0 Å². The van der Waals surface area contributed by atoms with Crippen LogP contribution in [-0.4, -0.2) is 51.4 Å². The minimum Gasteiger partial charge on any atom is -0.340 e. The number of piperazine rings is 1. The molecule has 0 bridgehead atoms. The Labute approximate surface area is 117 Å². The zero-order valence-corrected chi connectivity index (χ0v) is 11.6. The van der Waals surface area contributed by atoms with Gasteiger partial charge in [-0.15, -0.1) is 0 Å². The van der Waals surface area contributed by atoms with Gasteiger partial charge in [0.05, 0.1) is 6.54 Å². The third-order valence-corrected chi connectivity index (χ3v) is 3.51. The van der Waals surface area contributed by atoms with Gasteiger partial charge in [0.2, 0.25) is 5.91 Å². The first-order valence-electron chi connectivity index (χ1n) is 6.91. The molecule has 0 aromatic carbocycles. The molecule has 2 rings (SSSR count). The fourth-order valence-electron chi connectivity index (χ4n) is 2.37. The number of hydrogen-bond donors (Lipinski definition) is 0. The summed E-state index contributed by atoms with van der Waals surface area (Å²) in [4.78, 5) is 19.6. The number of rotatable bonds is 5. The molecule has 0 aliphatic carbocycles. The topological polar surface area (TPSA) is 41.4 Å². The largest absolute Gasteiger partial charge is 0.340 e. The molecule has 0 atom stereocenters. The lowest BCUT2D eigenvalue weighted by Gasteiger charge is -2.34. The maximum atomic E-state index is 12.7. The molecule has 7 heteroatoms. The highest BCUT2D eigenvalue weighted by Gasteiger charge is 2.22. The minimum atomic E-state index is -2.56. The molecule has 1 amide bonds. The van der Waals surface area contributed by atoms with Crippen LogP contribution in [0.1, 0.15) is 32.1 Å². The van der Waals surface area contributed by atoms with E-state index in [1.54, 1.807) is 0 Å². The van der Waals surface area contributed by atoms with Crippen LogP contribution < -0.4 is 0 Å². The Morgan fingerprint density at radius 2 is 2.05 bits per heavy atom. The Morgan fingerprint density at radius 1 is 1.35 bits per heavy atom. The highest BCUT2D eigenvalue weighted by atomic mass is 19.3. The number of hydrogen-bond acceptors (Lipinski definition) is 3. The predicted molar refractivity (Wildman–Crippen MR) is 70.2 cm³/mol. The molecular weight excluding hydrogens is 266 g/mol. The van der Waals surface area contributed by atoms with E-state index in [4.69, 9.17) is 0 Å². The molecule has 1 aromatic heterocycles. The van der Waals surface area contributed by atoms with E-state index in [9.17, 15) is 13.6 Å². The smallest absolute Gasteiger partial charge is 0.319 e. The SMILES string of the molecule is CCCC(=O)N1CCN(Cc2nccn2C(F)F)CC1. The maximum Gasteiger partial charge on any atom is 0.319 e. The Morgan fingerprint density at radius 3 is 2.65 bits per heavy atom.